The molecule has 0 aliphatic carbocycles. The van der Waals surface area contributed by atoms with E-state index in [0.717, 1.165) is 0 Å². The SMILES string of the molecule is O=C(Nc1ccc(Oc2ccc(Cl)cn2)c(Cl)c1)c1ccc(Cl)c(Cl)c1. The predicted octanol–water partition coefficient (Wildman–Crippen LogP) is 6.74. The number of aromatic nitrogens is 1. The first-order valence-corrected chi connectivity index (χ1v) is 8.79. The molecule has 1 amide bonds. The molecule has 3 aromatic rings. The van der Waals surface area contributed by atoms with Crippen LogP contribution >= 0.6 is 46.4 Å². The van der Waals surface area contributed by atoms with Crippen molar-refractivity contribution in [2.24, 2.45) is 0 Å². The number of carbonyl (C=O) groups excluding carboxylic acids is 1. The van der Waals surface area contributed by atoms with E-state index in [1.165, 1.54) is 12.3 Å². The van der Waals surface area contributed by atoms with E-state index in [4.69, 9.17) is 51.1 Å². The van der Waals surface area contributed by atoms with Crippen LogP contribution in [-0.2, 0) is 0 Å². The molecule has 0 unspecified atom stereocenters. The van der Waals surface area contributed by atoms with E-state index in [-0.39, 0.29) is 5.91 Å². The molecule has 132 valence electrons. The monoisotopic (exact) mass is 426 g/mol. The van der Waals surface area contributed by atoms with Gasteiger partial charge < -0.3 is 10.1 Å². The normalized spacial score (nSPS) is 10.5. The maximum Gasteiger partial charge on any atom is 0.255 e. The summed E-state index contributed by atoms with van der Waals surface area (Å²) in [6.07, 6.45) is 1.47. The third-order valence-electron chi connectivity index (χ3n) is 3.29. The van der Waals surface area contributed by atoms with Crippen molar-refractivity contribution in [2.75, 3.05) is 5.32 Å². The summed E-state index contributed by atoms with van der Waals surface area (Å²) in [6, 6.07) is 12.8. The number of nitrogens with zero attached hydrogens (tertiary/aromatic N) is 1. The Labute approximate surface area is 169 Å². The zero-order valence-electron chi connectivity index (χ0n) is 13.0. The van der Waals surface area contributed by atoms with Gasteiger partial charge in [-0.15, -0.1) is 0 Å². The molecule has 0 aliphatic rings. The van der Waals surface area contributed by atoms with Crippen LogP contribution < -0.4 is 10.1 Å². The number of hydrogen-bond acceptors (Lipinski definition) is 3. The number of benzene rings is 2. The fraction of sp³-hybridized carbons (Fsp3) is 0. The number of halogens is 4. The first-order chi connectivity index (χ1) is 12.4. The molecule has 2 aromatic carbocycles. The van der Waals surface area contributed by atoms with Gasteiger partial charge in [0.05, 0.1) is 20.1 Å². The molecule has 26 heavy (non-hydrogen) atoms. The second-order valence-electron chi connectivity index (χ2n) is 5.14. The Kier molecular flexibility index (Phi) is 5.89. The second kappa shape index (κ2) is 8.14. The van der Waals surface area contributed by atoms with E-state index in [1.54, 1.807) is 42.5 Å². The summed E-state index contributed by atoms with van der Waals surface area (Å²) in [4.78, 5) is 16.3. The number of anilines is 1. The molecule has 3 rings (SSSR count). The Bertz CT molecular complexity index is 962. The highest BCUT2D eigenvalue weighted by Crippen LogP contribution is 2.31. The van der Waals surface area contributed by atoms with E-state index >= 15 is 0 Å². The molecule has 0 atom stereocenters. The Balaban J connectivity index is 1.73. The summed E-state index contributed by atoms with van der Waals surface area (Å²) in [5.74, 6) is 0.408. The van der Waals surface area contributed by atoms with Crippen molar-refractivity contribution in [1.82, 2.24) is 4.98 Å². The van der Waals surface area contributed by atoms with Gasteiger partial charge in [0, 0.05) is 23.5 Å². The van der Waals surface area contributed by atoms with Crippen LogP contribution in [0.15, 0.2) is 54.7 Å². The maximum atomic E-state index is 12.3. The number of hydrogen-bond donors (Lipinski definition) is 1. The van der Waals surface area contributed by atoms with Gasteiger partial charge in [0.2, 0.25) is 5.88 Å². The molecular formula is C18H10Cl4N2O2. The van der Waals surface area contributed by atoms with Crippen molar-refractivity contribution in [1.29, 1.82) is 0 Å². The van der Waals surface area contributed by atoms with Crippen LogP contribution in [0, 0.1) is 0 Å². The number of amides is 1. The fourth-order valence-electron chi connectivity index (χ4n) is 2.04. The molecule has 0 bridgehead atoms. The van der Waals surface area contributed by atoms with Crippen molar-refractivity contribution >= 4 is 58.0 Å². The van der Waals surface area contributed by atoms with Gasteiger partial charge in [0.15, 0.2) is 0 Å². The molecule has 8 heteroatoms. The van der Waals surface area contributed by atoms with Crippen LogP contribution in [0.4, 0.5) is 5.69 Å². The lowest BCUT2D eigenvalue weighted by atomic mass is 10.2. The van der Waals surface area contributed by atoms with Gasteiger partial charge in [-0.05, 0) is 42.5 Å². The van der Waals surface area contributed by atoms with Gasteiger partial charge in [-0.1, -0.05) is 46.4 Å². The van der Waals surface area contributed by atoms with Crippen LogP contribution in [0.1, 0.15) is 10.4 Å². The van der Waals surface area contributed by atoms with Gasteiger partial charge in [-0.2, -0.15) is 0 Å². The zero-order chi connectivity index (χ0) is 18.7. The lowest BCUT2D eigenvalue weighted by molar-refractivity contribution is 0.102. The highest BCUT2D eigenvalue weighted by atomic mass is 35.5. The molecule has 0 saturated carbocycles. The van der Waals surface area contributed by atoms with Crippen LogP contribution in [-0.4, -0.2) is 10.9 Å². The quantitative estimate of drug-likeness (QED) is 0.501. The minimum Gasteiger partial charge on any atom is -0.437 e. The molecule has 4 nitrogen and oxygen atoms in total. The highest BCUT2D eigenvalue weighted by Gasteiger charge is 2.11. The smallest absolute Gasteiger partial charge is 0.255 e. The van der Waals surface area contributed by atoms with Crippen molar-refractivity contribution in [3.05, 3.63) is 80.4 Å². The van der Waals surface area contributed by atoms with E-state index in [2.05, 4.69) is 10.3 Å². The third-order valence-corrected chi connectivity index (χ3v) is 4.54. The van der Waals surface area contributed by atoms with Gasteiger partial charge in [0.25, 0.3) is 5.91 Å². The molecule has 0 fully saturated rings. The molecule has 0 spiro atoms. The highest BCUT2D eigenvalue weighted by molar-refractivity contribution is 6.42. The van der Waals surface area contributed by atoms with E-state index in [9.17, 15) is 4.79 Å². The van der Waals surface area contributed by atoms with Crippen molar-refractivity contribution in [3.63, 3.8) is 0 Å². The average Bonchev–Trinajstić information content (AvgIpc) is 2.61. The summed E-state index contributed by atoms with van der Waals surface area (Å²) in [6.45, 7) is 0. The molecule has 1 aromatic heterocycles. The fourth-order valence-corrected chi connectivity index (χ4v) is 2.67. The standard InChI is InChI=1S/C18H10Cl4N2O2/c19-11-2-6-17(23-9-11)26-16-5-3-12(8-15(16)22)24-18(25)10-1-4-13(20)14(21)7-10/h1-9H,(H,24,25). The lowest BCUT2D eigenvalue weighted by Crippen LogP contribution is -2.11. The lowest BCUT2D eigenvalue weighted by Gasteiger charge is -2.10. The number of nitrogens with one attached hydrogen (secondary N) is 1. The molecule has 1 heterocycles. The average molecular weight is 428 g/mol. The van der Waals surface area contributed by atoms with Crippen molar-refractivity contribution < 1.29 is 9.53 Å². The Hall–Kier alpha value is -1.98. The number of pyridine rings is 1. The topological polar surface area (TPSA) is 51.2 Å². The van der Waals surface area contributed by atoms with Crippen molar-refractivity contribution in [2.45, 2.75) is 0 Å². The Morgan fingerprint density at radius 1 is 0.885 bits per heavy atom. The molecule has 0 radical (unpaired) electrons. The largest absolute Gasteiger partial charge is 0.437 e. The van der Waals surface area contributed by atoms with E-state index in [0.29, 0.717) is 43.0 Å². The second-order valence-corrected chi connectivity index (χ2v) is 6.80. The van der Waals surface area contributed by atoms with Crippen LogP contribution in [0.25, 0.3) is 0 Å². The van der Waals surface area contributed by atoms with Crippen LogP contribution in [0.3, 0.4) is 0 Å². The zero-order valence-corrected chi connectivity index (χ0v) is 16.0. The number of rotatable bonds is 4. The Morgan fingerprint density at radius 2 is 1.69 bits per heavy atom. The summed E-state index contributed by atoms with van der Waals surface area (Å²) in [7, 11) is 0. The molecular weight excluding hydrogens is 418 g/mol. The van der Waals surface area contributed by atoms with Crippen LogP contribution in [0.2, 0.25) is 20.1 Å². The van der Waals surface area contributed by atoms with Gasteiger partial charge >= 0.3 is 0 Å². The van der Waals surface area contributed by atoms with Gasteiger partial charge in [-0.25, -0.2) is 4.98 Å². The van der Waals surface area contributed by atoms with Gasteiger partial charge in [-0.3, -0.25) is 4.79 Å². The Morgan fingerprint density at radius 3 is 2.35 bits per heavy atom. The maximum absolute atomic E-state index is 12.3. The summed E-state index contributed by atoms with van der Waals surface area (Å²) in [5, 5.41) is 4.23. The van der Waals surface area contributed by atoms with Gasteiger partial charge in [0.1, 0.15) is 5.75 Å². The van der Waals surface area contributed by atoms with Crippen molar-refractivity contribution in [3.8, 4) is 11.6 Å². The minimum absolute atomic E-state index is 0.302. The van der Waals surface area contributed by atoms with E-state index < -0.39 is 0 Å². The molecule has 0 aliphatic heterocycles. The summed E-state index contributed by atoms with van der Waals surface area (Å²) < 4.78 is 5.59. The number of carbonyl (C=O) groups is 1. The predicted molar refractivity (Wildman–Crippen MR) is 105 cm³/mol. The van der Waals surface area contributed by atoms with E-state index in [1.807, 2.05) is 0 Å². The molecule has 0 saturated heterocycles. The number of ether oxygens (including phenoxy) is 1. The molecule has 1 N–H and O–H groups in total. The summed E-state index contributed by atoms with van der Waals surface area (Å²) in [5.41, 5.74) is 0.878. The minimum atomic E-state index is -0.340. The third kappa shape index (κ3) is 4.59. The summed E-state index contributed by atoms with van der Waals surface area (Å²) >= 11 is 23.8. The van der Waals surface area contributed by atoms with Crippen LogP contribution in [0.5, 0.6) is 11.6 Å². The first kappa shape index (κ1) is 18.8. The first-order valence-electron chi connectivity index (χ1n) is 7.28.